The van der Waals surface area contributed by atoms with Crippen LogP contribution in [0.1, 0.15) is 31.0 Å². The van der Waals surface area contributed by atoms with Crippen molar-refractivity contribution >= 4 is 10.0 Å². The van der Waals surface area contributed by atoms with Crippen LogP contribution < -0.4 is 4.72 Å². The van der Waals surface area contributed by atoms with Gasteiger partial charge < -0.3 is 4.57 Å². The minimum Gasteiger partial charge on any atom is -0.335 e. The molecule has 1 aromatic heterocycles. The van der Waals surface area contributed by atoms with Gasteiger partial charge in [-0.15, -0.1) is 0 Å². The highest BCUT2D eigenvalue weighted by atomic mass is 32.2. The second kappa shape index (κ2) is 5.93. The Morgan fingerprint density at radius 3 is 2.48 bits per heavy atom. The zero-order chi connectivity index (χ0) is 18.4. The molecule has 0 unspecified atom stereocenters. The molecule has 2 aromatic rings. The summed E-state index contributed by atoms with van der Waals surface area (Å²) < 4.78 is 57.1. The monoisotopic (exact) mass is 365 g/mol. The largest absolute Gasteiger partial charge is 0.335 e. The van der Waals surface area contributed by atoms with E-state index in [4.69, 9.17) is 5.26 Å². The lowest BCUT2D eigenvalue weighted by Gasteiger charge is -2.18. The Morgan fingerprint density at radius 2 is 1.96 bits per heavy atom. The predicted octanol–water partition coefficient (Wildman–Crippen LogP) is 3.12. The number of aromatic nitrogens is 1. The molecule has 1 heterocycles. The molecule has 0 amide bonds. The van der Waals surface area contributed by atoms with Crippen molar-refractivity contribution < 1.29 is 17.2 Å². The van der Waals surface area contributed by atoms with Gasteiger partial charge in [-0.25, -0.2) is 21.9 Å². The Balaban J connectivity index is 2.13. The molecule has 1 aromatic carbocycles. The average molecular weight is 365 g/mol. The topological polar surface area (TPSA) is 74.9 Å². The molecule has 1 aliphatic carbocycles. The molecule has 8 heteroatoms. The standard InChI is InChI=1S/C17H17F2N3O2S/c1-17(18,19)14-9-11(15-7-6-13(10-20)22(15)2)3-8-16(14)25(23,24)21-12-4-5-12/h3,6-9,12,21H,4-5H2,1-2H3. The SMILES string of the molecule is Cn1c(C#N)ccc1-c1ccc(S(=O)(=O)NC2CC2)c(C(C)(F)F)c1. The van der Waals surface area contributed by atoms with E-state index in [1.165, 1.54) is 18.2 Å². The first-order valence-electron chi connectivity index (χ1n) is 7.74. The number of rotatable bonds is 5. The van der Waals surface area contributed by atoms with Gasteiger partial charge in [-0.1, -0.05) is 6.07 Å². The van der Waals surface area contributed by atoms with Gasteiger partial charge in [-0.2, -0.15) is 5.26 Å². The number of nitrogens with zero attached hydrogens (tertiary/aromatic N) is 2. The Morgan fingerprint density at radius 1 is 1.28 bits per heavy atom. The van der Waals surface area contributed by atoms with Crippen molar-refractivity contribution in [1.82, 2.24) is 9.29 Å². The van der Waals surface area contributed by atoms with Crippen molar-refractivity contribution in [3.05, 3.63) is 41.6 Å². The van der Waals surface area contributed by atoms with Crippen LogP contribution in [0.3, 0.4) is 0 Å². The Labute approximate surface area is 144 Å². The van der Waals surface area contributed by atoms with Crippen LogP contribution in [0.2, 0.25) is 0 Å². The third-order valence-corrected chi connectivity index (χ3v) is 5.75. The van der Waals surface area contributed by atoms with Gasteiger partial charge in [-0.3, -0.25) is 0 Å². The van der Waals surface area contributed by atoms with E-state index in [0.29, 0.717) is 23.9 Å². The van der Waals surface area contributed by atoms with Crippen LogP contribution in [0, 0.1) is 11.3 Å². The molecule has 1 N–H and O–H groups in total. The van der Waals surface area contributed by atoms with E-state index in [1.54, 1.807) is 23.7 Å². The van der Waals surface area contributed by atoms with E-state index in [0.717, 1.165) is 12.8 Å². The highest BCUT2D eigenvalue weighted by molar-refractivity contribution is 7.89. The second-order valence-corrected chi connectivity index (χ2v) is 7.95. The number of nitrogens with one attached hydrogen (secondary N) is 1. The van der Waals surface area contributed by atoms with Crippen LogP contribution in [0.15, 0.2) is 35.2 Å². The van der Waals surface area contributed by atoms with Crippen LogP contribution in [0.25, 0.3) is 11.3 Å². The van der Waals surface area contributed by atoms with Gasteiger partial charge in [0.15, 0.2) is 0 Å². The molecule has 1 saturated carbocycles. The summed E-state index contributed by atoms with van der Waals surface area (Å²) in [6, 6.07) is 8.91. The normalized spacial score (nSPS) is 15.2. The molecule has 0 radical (unpaired) electrons. The summed E-state index contributed by atoms with van der Waals surface area (Å²) in [5.74, 6) is -3.33. The summed E-state index contributed by atoms with van der Waals surface area (Å²) in [4.78, 5) is -0.412. The molecule has 0 saturated heterocycles. The lowest BCUT2D eigenvalue weighted by atomic mass is 10.0. The molecule has 132 valence electrons. The number of nitriles is 1. The van der Waals surface area contributed by atoms with Crippen LogP contribution in [0.5, 0.6) is 0 Å². The highest BCUT2D eigenvalue weighted by Gasteiger charge is 2.35. The molecule has 1 aliphatic rings. The number of sulfonamides is 1. The van der Waals surface area contributed by atoms with E-state index in [9.17, 15) is 17.2 Å². The number of benzene rings is 1. The summed E-state index contributed by atoms with van der Waals surface area (Å²) in [5.41, 5.74) is 0.803. The zero-order valence-corrected chi connectivity index (χ0v) is 14.6. The lowest BCUT2D eigenvalue weighted by Crippen LogP contribution is -2.28. The minimum atomic E-state index is -4.01. The van der Waals surface area contributed by atoms with Crippen molar-refractivity contribution in [2.24, 2.45) is 7.05 Å². The summed E-state index contributed by atoms with van der Waals surface area (Å²) in [6.07, 6.45) is 1.44. The quantitative estimate of drug-likeness (QED) is 0.885. The smallest absolute Gasteiger partial charge is 0.271 e. The molecular formula is C17H17F2N3O2S. The summed E-state index contributed by atoms with van der Waals surface area (Å²) in [5, 5.41) is 9.02. The third-order valence-electron chi connectivity index (χ3n) is 4.17. The van der Waals surface area contributed by atoms with E-state index < -0.39 is 26.4 Å². The molecule has 3 rings (SSSR count). The van der Waals surface area contributed by atoms with Crippen LogP contribution in [-0.2, 0) is 23.0 Å². The maximum atomic E-state index is 14.1. The fourth-order valence-electron chi connectivity index (χ4n) is 2.66. The van der Waals surface area contributed by atoms with Crippen molar-refractivity contribution in [3.63, 3.8) is 0 Å². The Kier molecular flexibility index (Phi) is 4.17. The van der Waals surface area contributed by atoms with E-state index in [1.807, 2.05) is 6.07 Å². The minimum absolute atomic E-state index is 0.172. The highest BCUT2D eigenvalue weighted by Crippen LogP contribution is 2.36. The van der Waals surface area contributed by atoms with Gasteiger partial charge in [-0.05, 0) is 42.7 Å². The van der Waals surface area contributed by atoms with Crippen LogP contribution >= 0.6 is 0 Å². The molecule has 25 heavy (non-hydrogen) atoms. The van der Waals surface area contributed by atoms with Gasteiger partial charge >= 0.3 is 0 Å². The third kappa shape index (κ3) is 3.43. The van der Waals surface area contributed by atoms with E-state index in [2.05, 4.69) is 4.72 Å². The first kappa shape index (κ1) is 17.6. The van der Waals surface area contributed by atoms with Crippen LogP contribution in [-0.4, -0.2) is 19.0 Å². The first-order valence-corrected chi connectivity index (χ1v) is 9.22. The predicted molar refractivity (Wildman–Crippen MR) is 88.5 cm³/mol. The maximum Gasteiger partial charge on any atom is 0.271 e. The van der Waals surface area contributed by atoms with Crippen molar-refractivity contribution in [2.45, 2.75) is 36.6 Å². The number of alkyl halides is 2. The maximum absolute atomic E-state index is 14.1. The fourth-order valence-corrected chi connectivity index (χ4v) is 4.24. The summed E-state index contributed by atoms with van der Waals surface area (Å²) >= 11 is 0. The molecule has 1 fully saturated rings. The number of halogens is 2. The van der Waals surface area contributed by atoms with E-state index >= 15 is 0 Å². The van der Waals surface area contributed by atoms with Gasteiger partial charge in [0.1, 0.15) is 11.8 Å². The van der Waals surface area contributed by atoms with Crippen molar-refractivity contribution in [2.75, 3.05) is 0 Å². The zero-order valence-electron chi connectivity index (χ0n) is 13.8. The van der Waals surface area contributed by atoms with Crippen molar-refractivity contribution in [3.8, 4) is 17.3 Å². The van der Waals surface area contributed by atoms with Gasteiger partial charge in [0, 0.05) is 31.3 Å². The molecule has 0 spiro atoms. The lowest BCUT2D eigenvalue weighted by molar-refractivity contribution is 0.0144. The van der Waals surface area contributed by atoms with E-state index in [-0.39, 0.29) is 6.04 Å². The summed E-state index contributed by atoms with van der Waals surface area (Å²) in [7, 11) is -2.36. The number of hydrogen-bond donors (Lipinski definition) is 1. The first-order chi connectivity index (χ1) is 11.6. The Bertz CT molecular complexity index is 965. The Hall–Kier alpha value is -2.24. The molecule has 0 aliphatic heterocycles. The van der Waals surface area contributed by atoms with Gasteiger partial charge in [0.05, 0.1) is 4.90 Å². The molecule has 5 nitrogen and oxygen atoms in total. The van der Waals surface area contributed by atoms with Crippen LogP contribution in [0.4, 0.5) is 8.78 Å². The molecule has 0 bridgehead atoms. The van der Waals surface area contributed by atoms with Crippen molar-refractivity contribution in [1.29, 1.82) is 5.26 Å². The fraction of sp³-hybridized carbons (Fsp3) is 0.353. The number of hydrogen-bond acceptors (Lipinski definition) is 3. The molecule has 0 atom stereocenters. The average Bonchev–Trinajstić information content (AvgIpc) is 3.25. The van der Waals surface area contributed by atoms with Gasteiger partial charge in [0.2, 0.25) is 10.0 Å². The van der Waals surface area contributed by atoms with Gasteiger partial charge in [0.25, 0.3) is 5.92 Å². The molecular weight excluding hydrogens is 348 g/mol. The second-order valence-electron chi connectivity index (χ2n) is 6.27. The summed E-state index contributed by atoms with van der Waals surface area (Å²) in [6.45, 7) is 0.675.